The third-order valence-corrected chi connectivity index (χ3v) is 2.01. The summed E-state index contributed by atoms with van der Waals surface area (Å²) >= 11 is 0. The van der Waals surface area contributed by atoms with E-state index < -0.39 is 17.8 Å². The molecule has 0 saturated heterocycles. The number of pyridine rings is 1. The quantitative estimate of drug-likeness (QED) is 0.789. The third kappa shape index (κ3) is 1.60. The first kappa shape index (κ1) is 10.5. The van der Waals surface area contributed by atoms with Crippen molar-refractivity contribution in [2.24, 2.45) is 5.73 Å². The monoisotopic (exact) mass is 228 g/mol. The molecule has 4 nitrogen and oxygen atoms in total. The van der Waals surface area contributed by atoms with E-state index in [1.165, 1.54) is 12.3 Å². The normalized spacial score (nSPS) is 13.4. The molecule has 1 aliphatic heterocycles. The number of alkyl halides is 3. The molecule has 1 aliphatic rings. The lowest BCUT2D eigenvalue weighted by molar-refractivity contribution is -0.141. The Morgan fingerprint density at radius 1 is 1.38 bits per heavy atom. The molecule has 2 N–H and O–H groups in total. The molecule has 1 radical (unpaired) electrons. The van der Waals surface area contributed by atoms with Crippen molar-refractivity contribution in [1.82, 2.24) is 10.3 Å². The van der Waals surface area contributed by atoms with Gasteiger partial charge in [-0.25, -0.2) is 4.98 Å². The van der Waals surface area contributed by atoms with Gasteiger partial charge in [-0.15, -0.1) is 0 Å². The van der Waals surface area contributed by atoms with Crippen LogP contribution in [0.1, 0.15) is 21.7 Å². The van der Waals surface area contributed by atoms with Crippen molar-refractivity contribution < 1.29 is 18.0 Å². The molecule has 0 unspecified atom stereocenters. The lowest BCUT2D eigenvalue weighted by Gasteiger charge is -2.09. The van der Waals surface area contributed by atoms with Gasteiger partial charge in [0.05, 0.1) is 11.3 Å². The van der Waals surface area contributed by atoms with Crippen molar-refractivity contribution in [1.29, 1.82) is 0 Å². The van der Waals surface area contributed by atoms with Crippen LogP contribution in [0.3, 0.4) is 0 Å². The summed E-state index contributed by atoms with van der Waals surface area (Å²) in [6.45, 7) is 0. The third-order valence-electron chi connectivity index (χ3n) is 2.01. The lowest BCUT2D eigenvalue weighted by atomic mass is 10.1. The van der Waals surface area contributed by atoms with E-state index in [9.17, 15) is 18.0 Å². The van der Waals surface area contributed by atoms with Crippen LogP contribution in [0.15, 0.2) is 12.3 Å². The number of hydrogen-bond donors (Lipinski definition) is 1. The summed E-state index contributed by atoms with van der Waals surface area (Å²) in [5.41, 5.74) is 3.64. The Hall–Kier alpha value is -2.05. The van der Waals surface area contributed by atoms with E-state index in [4.69, 9.17) is 5.73 Å². The van der Waals surface area contributed by atoms with Crippen molar-refractivity contribution in [3.05, 3.63) is 29.2 Å². The number of nitrogens with two attached hydrogens (primary N) is 1. The van der Waals surface area contributed by atoms with Gasteiger partial charge in [0.2, 0.25) is 0 Å². The SMILES string of the molecule is NC(=O)c1cc(C(F)(F)F)nc2c1[N]C=C2. The van der Waals surface area contributed by atoms with Crippen molar-refractivity contribution in [2.75, 3.05) is 0 Å². The number of hydrogen-bond acceptors (Lipinski definition) is 2. The average Bonchev–Trinajstić information content (AvgIpc) is 2.61. The number of carbonyl (C=O) groups is 1. The summed E-state index contributed by atoms with van der Waals surface area (Å²) in [5.74, 6) is -0.961. The van der Waals surface area contributed by atoms with Gasteiger partial charge in [0.1, 0.15) is 11.4 Å². The van der Waals surface area contributed by atoms with Gasteiger partial charge in [0.15, 0.2) is 0 Å². The average molecular weight is 228 g/mol. The number of aromatic nitrogens is 1. The number of carbonyl (C=O) groups excluding carboxylic acids is 1. The van der Waals surface area contributed by atoms with Crippen LogP contribution in [0, 0.1) is 0 Å². The molecule has 2 rings (SSSR count). The van der Waals surface area contributed by atoms with Crippen LogP contribution in [-0.4, -0.2) is 10.9 Å². The van der Waals surface area contributed by atoms with Crippen LogP contribution in [0.4, 0.5) is 18.9 Å². The zero-order chi connectivity index (χ0) is 11.9. The minimum absolute atomic E-state index is 0.00336. The minimum Gasteiger partial charge on any atom is -0.366 e. The maximum Gasteiger partial charge on any atom is 0.433 e. The fraction of sp³-hybridized carbons (Fsp3) is 0.111. The van der Waals surface area contributed by atoms with Gasteiger partial charge in [-0.05, 0) is 12.1 Å². The summed E-state index contributed by atoms with van der Waals surface area (Å²) in [6, 6.07) is 0.609. The lowest BCUT2D eigenvalue weighted by Crippen LogP contribution is -2.17. The number of rotatable bonds is 1. The second-order valence-electron chi connectivity index (χ2n) is 3.10. The zero-order valence-corrected chi connectivity index (χ0v) is 7.75. The van der Waals surface area contributed by atoms with Crippen molar-refractivity contribution >= 4 is 17.7 Å². The molecule has 7 heteroatoms. The van der Waals surface area contributed by atoms with E-state index in [0.717, 1.165) is 0 Å². The molecule has 0 bridgehead atoms. The fourth-order valence-corrected chi connectivity index (χ4v) is 1.33. The molecule has 1 aromatic heterocycles. The van der Waals surface area contributed by atoms with Gasteiger partial charge in [-0.2, -0.15) is 13.2 Å². The minimum atomic E-state index is -4.62. The van der Waals surface area contributed by atoms with Gasteiger partial charge < -0.3 is 5.73 Å². The number of primary amides is 1. The van der Waals surface area contributed by atoms with Crippen LogP contribution < -0.4 is 11.1 Å². The molecule has 2 heterocycles. The van der Waals surface area contributed by atoms with Gasteiger partial charge in [-0.3, -0.25) is 10.1 Å². The molecular weight excluding hydrogens is 223 g/mol. The number of nitrogens with zero attached hydrogens (tertiary/aromatic N) is 2. The highest BCUT2D eigenvalue weighted by molar-refractivity contribution is 5.99. The van der Waals surface area contributed by atoms with Crippen molar-refractivity contribution in [2.45, 2.75) is 6.18 Å². The number of halogens is 3. The maximum absolute atomic E-state index is 12.4. The number of amides is 1. The van der Waals surface area contributed by atoms with Gasteiger partial charge in [0.25, 0.3) is 5.91 Å². The largest absolute Gasteiger partial charge is 0.433 e. The Balaban J connectivity index is 2.64. The predicted molar refractivity (Wildman–Crippen MR) is 48.6 cm³/mol. The zero-order valence-electron chi connectivity index (χ0n) is 7.75. The van der Waals surface area contributed by atoms with E-state index in [1.54, 1.807) is 0 Å². The summed E-state index contributed by atoms with van der Waals surface area (Å²) in [7, 11) is 0. The Kier molecular flexibility index (Phi) is 2.11. The van der Waals surface area contributed by atoms with E-state index in [1.807, 2.05) is 0 Å². The molecule has 0 saturated carbocycles. The summed E-state index contributed by atoms with van der Waals surface area (Å²) < 4.78 is 37.3. The van der Waals surface area contributed by atoms with Crippen LogP contribution in [0.2, 0.25) is 0 Å². The molecule has 16 heavy (non-hydrogen) atoms. The first-order valence-corrected chi connectivity index (χ1v) is 4.19. The smallest absolute Gasteiger partial charge is 0.366 e. The topological polar surface area (TPSA) is 70.1 Å². The highest BCUT2D eigenvalue weighted by Gasteiger charge is 2.35. The molecule has 0 aliphatic carbocycles. The highest BCUT2D eigenvalue weighted by atomic mass is 19.4. The summed E-state index contributed by atoms with van der Waals surface area (Å²) in [4.78, 5) is 14.3. The highest BCUT2D eigenvalue weighted by Crippen LogP contribution is 2.33. The Morgan fingerprint density at radius 3 is 2.62 bits per heavy atom. The Morgan fingerprint density at radius 2 is 2.06 bits per heavy atom. The maximum atomic E-state index is 12.4. The van der Waals surface area contributed by atoms with Gasteiger partial charge in [-0.1, -0.05) is 0 Å². The van der Waals surface area contributed by atoms with Gasteiger partial charge >= 0.3 is 6.18 Å². The second-order valence-corrected chi connectivity index (χ2v) is 3.10. The predicted octanol–water partition coefficient (Wildman–Crippen LogP) is 1.42. The second kappa shape index (κ2) is 3.22. The first-order valence-electron chi connectivity index (χ1n) is 4.19. The van der Waals surface area contributed by atoms with Crippen LogP contribution in [0.25, 0.3) is 6.08 Å². The summed E-state index contributed by atoms with van der Waals surface area (Å²) in [6.07, 6.45) is -2.06. The van der Waals surface area contributed by atoms with E-state index >= 15 is 0 Å². The van der Waals surface area contributed by atoms with Crippen LogP contribution in [0.5, 0.6) is 0 Å². The van der Waals surface area contributed by atoms with Gasteiger partial charge in [0, 0.05) is 6.20 Å². The van der Waals surface area contributed by atoms with Crippen LogP contribution in [-0.2, 0) is 6.18 Å². The molecule has 83 valence electrons. The van der Waals surface area contributed by atoms with E-state index in [0.29, 0.717) is 6.07 Å². The first-order chi connectivity index (χ1) is 7.39. The molecule has 0 spiro atoms. The van der Waals surface area contributed by atoms with Crippen molar-refractivity contribution in [3.63, 3.8) is 0 Å². The Labute approximate surface area is 88.0 Å². The number of fused-ring (bicyclic) bond motifs is 1. The van der Waals surface area contributed by atoms with E-state index in [2.05, 4.69) is 10.3 Å². The molecule has 0 fully saturated rings. The molecule has 1 amide bonds. The standard InChI is InChI=1S/C9H5F3N3O/c10-9(11,12)6-3-4(8(13)16)7-5(15-6)1-2-14-7/h1-3H,(H2,13,16). The molecule has 0 atom stereocenters. The molecule has 0 aromatic carbocycles. The van der Waals surface area contributed by atoms with E-state index in [-0.39, 0.29) is 16.9 Å². The summed E-state index contributed by atoms with van der Waals surface area (Å²) in [5, 5.41) is 3.73. The van der Waals surface area contributed by atoms with Crippen molar-refractivity contribution in [3.8, 4) is 0 Å². The fourth-order valence-electron chi connectivity index (χ4n) is 1.33. The Bertz CT molecular complexity index is 494. The van der Waals surface area contributed by atoms with Crippen LogP contribution >= 0.6 is 0 Å². The molecule has 1 aromatic rings. The molecular formula is C9H5F3N3O.